The average molecular weight is 502 g/mol. The summed E-state index contributed by atoms with van der Waals surface area (Å²) in [7, 11) is 1.68. The van der Waals surface area contributed by atoms with Crippen LogP contribution in [0.4, 0.5) is 0 Å². The number of likely N-dealkylation sites (tertiary alicyclic amines) is 1. The number of halogens is 1. The minimum Gasteiger partial charge on any atom is -0.496 e. The predicted molar refractivity (Wildman–Crippen MR) is 143 cm³/mol. The van der Waals surface area contributed by atoms with E-state index in [1.165, 1.54) is 25.9 Å². The molecule has 2 amide bonds. The number of ether oxygens (including phenoxy) is 1. The molecule has 4 aromatic rings. The summed E-state index contributed by atoms with van der Waals surface area (Å²) < 4.78 is 5.77. The second kappa shape index (κ2) is 9.26. The quantitative estimate of drug-likeness (QED) is 0.242. The lowest BCUT2D eigenvalue weighted by atomic mass is 9.92. The van der Waals surface area contributed by atoms with Crippen LogP contribution in [0.5, 0.6) is 5.75 Å². The molecule has 7 heteroatoms. The molecule has 184 valence electrons. The first-order chi connectivity index (χ1) is 17.5. The Hall–Kier alpha value is -3.35. The van der Waals surface area contributed by atoms with Crippen LogP contribution >= 0.6 is 11.6 Å². The topological polar surface area (TPSA) is 74.4 Å². The van der Waals surface area contributed by atoms with Gasteiger partial charge in [0, 0.05) is 32.4 Å². The Labute approximate surface area is 214 Å². The van der Waals surface area contributed by atoms with Gasteiger partial charge >= 0.3 is 0 Å². The summed E-state index contributed by atoms with van der Waals surface area (Å²) in [5.41, 5.74) is 4.97. The summed E-state index contributed by atoms with van der Waals surface area (Å²) in [4.78, 5) is 31.9. The fraction of sp³-hybridized carbons (Fsp3) is 0.310. The van der Waals surface area contributed by atoms with Gasteiger partial charge in [-0.3, -0.25) is 14.9 Å². The van der Waals surface area contributed by atoms with Gasteiger partial charge in [0.05, 0.1) is 18.2 Å². The van der Waals surface area contributed by atoms with Gasteiger partial charge in [-0.15, -0.1) is 0 Å². The fourth-order valence-corrected chi connectivity index (χ4v) is 6.00. The molecular weight excluding hydrogens is 474 g/mol. The monoisotopic (exact) mass is 501 g/mol. The molecule has 0 unspecified atom stereocenters. The van der Waals surface area contributed by atoms with Gasteiger partial charge in [0.2, 0.25) is 0 Å². The van der Waals surface area contributed by atoms with Crippen LogP contribution in [0.2, 0.25) is 5.02 Å². The van der Waals surface area contributed by atoms with Gasteiger partial charge in [0.15, 0.2) is 0 Å². The van der Waals surface area contributed by atoms with Crippen LogP contribution in [0.15, 0.2) is 42.5 Å². The number of rotatable bonds is 7. The molecule has 0 atom stereocenters. The van der Waals surface area contributed by atoms with Crippen LogP contribution in [0.25, 0.3) is 32.9 Å². The number of imide groups is 1. The van der Waals surface area contributed by atoms with Crippen LogP contribution in [-0.4, -0.2) is 48.4 Å². The Balaban J connectivity index is 1.44. The molecular formula is C29H28ClN3O3. The minimum atomic E-state index is -0.400. The van der Waals surface area contributed by atoms with Crippen LogP contribution in [0.3, 0.4) is 0 Å². The molecule has 3 heterocycles. The third-order valence-electron chi connectivity index (χ3n) is 7.50. The highest BCUT2D eigenvalue weighted by molar-refractivity contribution is 6.36. The highest BCUT2D eigenvalue weighted by atomic mass is 35.5. The summed E-state index contributed by atoms with van der Waals surface area (Å²) in [6, 6.07) is 13.4. The Kier molecular flexibility index (Phi) is 5.94. The van der Waals surface area contributed by atoms with E-state index in [-0.39, 0.29) is 5.91 Å². The van der Waals surface area contributed by atoms with Crippen molar-refractivity contribution in [1.29, 1.82) is 0 Å². The largest absolute Gasteiger partial charge is 0.496 e. The molecule has 36 heavy (non-hydrogen) atoms. The van der Waals surface area contributed by atoms with E-state index in [0.717, 1.165) is 64.5 Å². The third kappa shape index (κ3) is 3.85. The summed E-state index contributed by atoms with van der Waals surface area (Å²) >= 11 is 6.49. The second-order valence-corrected chi connectivity index (χ2v) is 10.1. The first-order valence-electron chi connectivity index (χ1n) is 12.6. The number of nitrogens with zero attached hydrogens (tertiary/aromatic N) is 1. The molecule has 0 radical (unpaired) electrons. The van der Waals surface area contributed by atoms with Crippen molar-refractivity contribution < 1.29 is 14.3 Å². The second-order valence-electron chi connectivity index (χ2n) is 9.70. The maximum atomic E-state index is 13.0. The molecule has 1 fully saturated rings. The van der Waals surface area contributed by atoms with Gasteiger partial charge in [0.1, 0.15) is 5.75 Å². The Morgan fingerprint density at radius 1 is 0.944 bits per heavy atom. The number of hydrogen-bond donors (Lipinski definition) is 2. The van der Waals surface area contributed by atoms with Crippen LogP contribution in [0, 0.1) is 0 Å². The van der Waals surface area contributed by atoms with Gasteiger partial charge in [-0.05, 0) is 87.1 Å². The maximum Gasteiger partial charge on any atom is 0.259 e. The molecule has 6 rings (SSSR count). The summed E-state index contributed by atoms with van der Waals surface area (Å²) in [6.45, 7) is 3.60. The van der Waals surface area contributed by atoms with E-state index in [1.807, 2.05) is 30.3 Å². The number of carbonyl (C=O) groups excluding carboxylic acids is 2. The average Bonchev–Trinajstić information content (AvgIpc) is 3.58. The number of methoxy groups -OCH3 is 1. The number of H-pyrrole nitrogens is 1. The Morgan fingerprint density at radius 3 is 2.50 bits per heavy atom. The third-order valence-corrected chi connectivity index (χ3v) is 7.83. The molecule has 6 nitrogen and oxygen atoms in total. The maximum absolute atomic E-state index is 13.0. The lowest BCUT2D eigenvalue weighted by Crippen LogP contribution is -2.20. The Morgan fingerprint density at radius 2 is 1.72 bits per heavy atom. The number of fused-ring (bicyclic) bond motifs is 5. The first kappa shape index (κ1) is 23.1. The zero-order valence-electron chi connectivity index (χ0n) is 20.2. The Bertz CT molecular complexity index is 1520. The number of aromatic nitrogens is 1. The molecule has 2 aliphatic heterocycles. The van der Waals surface area contributed by atoms with Gasteiger partial charge < -0.3 is 14.6 Å². The van der Waals surface area contributed by atoms with Crippen molar-refractivity contribution >= 4 is 45.2 Å². The first-order valence-corrected chi connectivity index (χ1v) is 12.9. The van der Waals surface area contributed by atoms with E-state index in [2.05, 4.69) is 21.3 Å². The molecule has 0 saturated carbocycles. The number of amides is 2. The van der Waals surface area contributed by atoms with Crippen molar-refractivity contribution in [2.24, 2.45) is 0 Å². The van der Waals surface area contributed by atoms with E-state index in [1.54, 1.807) is 13.2 Å². The number of hydrogen-bond acceptors (Lipinski definition) is 4. The zero-order valence-corrected chi connectivity index (χ0v) is 21.0. The SMILES string of the molecule is COc1cc2c(cc1CCCCN1CCCC1)[nH]c1cc(-c3ccccc3Cl)c3c(c12)C(=O)NC3=O. The van der Waals surface area contributed by atoms with E-state index in [9.17, 15) is 9.59 Å². The lowest BCUT2D eigenvalue weighted by molar-refractivity contribution is 0.0880. The fourth-order valence-electron chi connectivity index (χ4n) is 5.77. The summed E-state index contributed by atoms with van der Waals surface area (Å²) in [5, 5.41) is 4.62. The van der Waals surface area contributed by atoms with Crippen molar-refractivity contribution in [1.82, 2.24) is 15.2 Å². The number of nitrogens with one attached hydrogen (secondary N) is 2. The van der Waals surface area contributed by atoms with Gasteiger partial charge in [-0.25, -0.2) is 0 Å². The van der Waals surface area contributed by atoms with Gasteiger partial charge in [-0.2, -0.15) is 0 Å². The molecule has 2 N–H and O–H groups in total. The highest BCUT2D eigenvalue weighted by Crippen LogP contribution is 2.42. The van der Waals surface area contributed by atoms with Crippen LogP contribution in [0.1, 0.15) is 52.0 Å². The summed E-state index contributed by atoms with van der Waals surface area (Å²) in [6.07, 6.45) is 5.80. The predicted octanol–water partition coefficient (Wildman–Crippen LogP) is 5.95. The van der Waals surface area contributed by atoms with Crippen molar-refractivity contribution in [3.05, 3.63) is 64.2 Å². The highest BCUT2D eigenvalue weighted by Gasteiger charge is 2.34. The number of aromatic amines is 1. The van der Waals surface area contributed by atoms with Gasteiger partial charge in [-0.1, -0.05) is 29.8 Å². The molecule has 0 spiro atoms. The normalized spacial score (nSPS) is 15.7. The van der Waals surface area contributed by atoms with E-state index in [4.69, 9.17) is 16.3 Å². The number of carbonyl (C=O) groups is 2. The van der Waals surface area contributed by atoms with Crippen molar-refractivity contribution in [3.8, 4) is 16.9 Å². The van der Waals surface area contributed by atoms with E-state index >= 15 is 0 Å². The van der Waals surface area contributed by atoms with E-state index in [0.29, 0.717) is 21.7 Å². The molecule has 0 bridgehead atoms. The van der Waals surface area contributed by atoms with E-state index < -0.39 is 5.91 Å². The standard InChI is InChI=1S/C29H28ClN3O3/c1-36-24-16-20-22(14-17(24)8-4-5-11-33-12-6-7-13-33)31-23-15-19(18-9-2-3-10-21(18)30)26-27(25(20)23)29(35)32-28(26)34/h2-3,9-10,14-16,31H,4-8,11-13H2,1H3,(H,32,34,35). The minimum absolute atomic E-state index is 0.367. The molecule has 1 aromatic heterocycles. The summed E-state index contributed by atoms with van der Waals surface area (Å²) in [5.74, 6) is 0.0146. The molecule has 2 aliphatic rings. The molecule has 3 aromatic carbocycles. The number of unbranched alkanes of at least 4 members (excludes halogenated alkanes) is 1. The van der Waals surface area contributed by atoms with Crippen molar-refractivity contribution in [2.45, 2.75) is 32.1 Å². The number of benzene rings is 3. The smallest absolute Gasteiger partial charge is 0.259 e. The zero-order chi connectivity index (χ0) is 24.8. The molecule has 0 aliphatic carbocycles. The number of aryl methyl sites for hydroxylation is 1. The molecule has 1 saturated heterocycles. The van der Waals surface area contributed by atoms with Gasteiger partial charge in [0.25, 0.3) is 11.8 Å². The van der Waals surface area contributed by atoms with Crippen molar-refractivity contribution in [2.75, 3.05) is 26.7 Å². The van der Waals surface area contributed by atoms with Crippen molar-refractivity contribution in [3.63, 3.8) is 0 Å². The lowest BCUT2D eigenvalue weighted by Gasteiger charge is -2.14. The van der Waals surface area contributed by atoms with Crippen LogP contribution < -0.4 is 10.1 Å². The van der Waals surface area contributed by atoms with Crippen LogP contribution in [-0.2, 0) is 6.42 Å².